The van der Waals surface area contributed by atoms with Crippen LogP contribution < -0.4 is 10.6 Å². The van der Waals surface area contributed by atoms with Gasteiger partial charge >= 0.3 is 0 Å². The number of nitrogens with zero attached hydrogens (tertiary/aromatic N) is 3. The Kier molecular flexibility index (Phi) is 6.92. The van der Waals surface area contributed by atoms with E-state index in [2.05, 4.69) is 103 Å². The first kappa shape index (κ1) is 24.4. The first-order chi connectivity index (χ1) is 18.7. The molecule has 38 heavy (non-hydrogen) atoms. The Balaban J connectivity index is 1.26. The first-order valence-corrected chi connectivity index (χ1v) is 13.6. The zero-order valence-electron chi connectivity index (χ0n) is 21.8. The Bertz CT molecular complexity index is 1560. The highest BCUT2D eigenvalue weighted by Crippen LogP contribution is 2.24. The lowest BCUT2D eigenvalue weighted by molar-refractivity contribution is -0.123. The molecule has 1 aliphatic rings. The number of H-pyrrole nitrogens is 1. The van der Waals surface area contributed by atoms with Crippen LogP contribution in [0, 0.1) is 0 Å². The van der Waals surface area contributed by atoms with E-state index in [0.717, 1.165) is 50.3 Å². The SMILES string of the molecule is C[C@@H](NC(=O)C1CCCN1)c1nnc(CCCc2c[nH]c3ccccc23)n1Cc1cccc2ccccc12. The molecule has 0 spiro atoms. The summed E-state index contributed by atoms with van der Waals surface area (Å²) in [6.45, 7) is 3.56. The van der Waals surface area contributed by atoms with Crippen molar-refractivity contribution >= 4 is 27.6 Å². The third-order valence-corrected chi connectivity index (χ3v) is 7.71. The van der Waals surface area contributed by atoms with E-state index in [0.29, 0.717) is 6.54 Å². The monoisotopic (exact) mass is 506 g/mol. The fourth-order valence-electron chi connectivity index (χ4n) is 5.69. The Hall–Kier alpha value is -3.97. The lowest BCUT2D eigenvalue weighted by Gasteiger charge is -2.19. The normalized spacial score (nSPS) is 16.3. The average molecular weight is 507 g/mol. The molecule has 1 unspecified atom stereocenters. The fraction of sp³-hybridized carbons (Fsp3) is 0.323. The summed E-state index contributed by atoms with van der Waals surface area (Å²) >= 11 is 0. The lowest BCUT2D eigenvalue weighted by Crippen LogP contribution is -2.42. The van der Waals surface area contributed by atoms with Crippen molar-refractivity contribution in [3.63, 3.8) is 0 Å². The first-order valence-electron chi connectivity index (χ1n) is 13.6. The standard InChI is InChI=1S/C31H34N6O/c1-21(34-31(38)28-16-8-18-32-28)30-36-35-29(17-7-11-23-19-33-27-15-5-4-14-26(23)27)37(30)20-24-12-6-10-22-9-2-3-13-25(22)24/h2-6,9-10,12-15,19,21,28,32-33H,7-8,11,16-18,20H2,1H3,(H,34,38)/t21-,28?/m1/s1. The van der Waals surface area contributed by atoms with Crippen LogP contribution in [0.15, 0.2) is 72.9 Å². The molecule has 1 aliphatic heterocycles. The Morgan fingerprint density at radius 1 is 1.00 bits per heavy atom. The topological polar surface area (TPSA) is 87.6 Å². The summed E-state index contributed by atoms with van der Waals surface area (Å²) < 4.78 is 2.21. The number of aromatic nitrogens is 4. The third kappa shape index (κ3) is 4.94. The summed E-state index contributed by atoms with van der Waals surface area (Å²) in [5.41, 5.74) is 3.72. The molecule has 3 N–H and O–H groups in total. The number of hydrogen-bond acceptors (Lipinski definition) is 4. The number of carbonyl (C=O) groups is 1. The second-order valence-corrected chi connectivity index (χ2v) is 10.3. The molecule has 7 nitrogen and oxygen atoms in total. The Morgan fingerprint density at radius 2 is 1.82 bits per heavy atom. The molecule has 3 aromatic carbocycles. The maximum absolute atomic E-state index is 12.9. The predicted octanol–water partition coefficient (Wildman–Crippen LogP) is 5.07. The number of nitrogens with one attached hydrogen (secondary N) is 3. The van der Waals surface area contributed by atoms with Gasteiger partial charge in [-0.1, -0.05) is 60.7 Å². The van der Waals surface area contributed by atoms with Gasteiger partial charge in [-0.25, -0.2) is 0 Å². The van der Waals surface area contributed by atoms with E-state index in [1.807, 2.05) is 6.92 Å². The van der Waals surface area contributed by atoms with Gasteiger partial charge in [-0.15, -0.1) is 10.2 Å². The minimum absolute atomic E-state index is 0.0376. The van der Waals surface area contributed by atoms with Crippen molar-refractivity contribution < 1.29 is 4.79 Å². The van der Waals surface area contributed by atoms with Gasteiger partial charge in [-0.05, 0) is 67.1 Å². The van der Waals surface area contributed by atoms with Gasteiger partial charge in [0, 0.05) is 23.5 Å². The van der Waals surface area contributed by atoms with Crippen LogP contribution in [0.4, 0.5) is 0 Å². The highest BCUT2D eigenvalue weighted by Gasteiger charge is 2.26. The number of aromatic amines is 1. The van der Waals surface area contributed by atoms with Crippen molar-refractivity contribution in [1.82, 2.24) is 30.4 Å². The van der Waals surface area contributed by atoms with Crippen LogP contribution in [0.2, 0.25) is 0 Å². The summed E-state index contributed by atoms with van der Waals surface area (Å²) in [5, 5.41) is 19.4. The molecule has 1 saturated heterocycles. The molecular weight excluding hydrogens is 472 g/mol. The molecule has 194 valence electrons. The van der Waals surface area contributed by atoms with Gasteiger partial charge < -0.3 is 20.2 Å². The molecule has 6 rings (SSSR count). The van der Waals surface area contributed by atoms with E-state index in [1.165, 1.54) is 32.8 Å². The molecule has 2 atom stereocenters. The van der Waals surface area contributed by atoms with Crippen LogP contribution in [0.1, 0.15) is 55.0 Å². The largest absolute Gasteiger partial charge is 0.361 e. The van der Waals surface area contributed by atoms with Gasteiger partial charge in [-0.2, -0.15) is 0 Å². The highest BCUT2D eigenvalue weighted by molar-refractivity contribution is 5.86. The molecule has 5 aromatic rings. The number of para-hydroxylation sites is 1. The van der Waals surface area contributed by atoms with Gasteiger partial charge in [0.05, 0.1) is 18.6 Å². The van der Waals surface area contributed by atoms with Crippen molar-refractivity contribution in [2.75, 3.05) is 6.54 Å². The number of benzene rings is 3. The minimum Gasteiger partial charge on any atom is -0.361 e. The predicted molar refractivity (Wildman–Crippen MR) is 151 cm³/mol. The van der Waals surface area contributed by atoms with Gasteiger partial charge in [0.25, 0.3) is 0 Å². The molecule has 3 heterocycles. The minimum atomic E-state index is -0.241. The molecular formula is C31H34N6O. The van der Waals surface area contributed by atoms with Crippen molar-refractivity contribution in [3.05, 3.63) is 95.7 Å². The van der Waals surface area contributed by atoms with Gasteiger partial charge in [-0.3, -0.25) is 4.79 Å². The maximum Gasteiger partial charge on any atom is 0.237 e. The Labute approximate surface area is 222 Å². The Morgan fingerprint density at radius 3 is 2.68 bits per heavy atom. The zero-order valence-corrected chi connectivity index (χ0v) is 21.8. The van der Waals surface area contributed by atoms with Crippen molar-refractivity contribution in [3.8, 4) is 0 Å². The molecule has 0 saturated carbocycles. The van der Waals surface area contributed by atoms with E-state index in [-0.39, 0.29) is 18.0 Å². The van der Waals surface area contributed by atoms with Crippen LogP contribution in [0.3, 0.4) is 0 Å². The van der Waals surface area contributed by atoms with Crippen LogP contribution >= 0.6 is 0 Å². The number of rotatable bonds is 9. The molecule has 1 amide bonds. The summed E-state index contributed by atoms with van der Waals surface area (Å²) in [5.74, 6) is 1.79. The number of amides is 1. The molecule has 1 fully saturated rings. The number of aryl methyl sites for hydroxylation is 2. The average Bonchev–Trinajstić information content (AvgIpc) is 3.70. The quantitative estimate of drug-likeness (QED) is 0.261. The van der Waals surface area contributed by atoms with E-state index in [9.17, 15) is 4.79 Å². The summed E-state index contributed by atoms with van der Waals surface area (Å²) in [4.78, 5) is 16.2. The summed E-state index contributed by atoms with van der Waals surface area (Å²) in [6, 6.07) is 23.0. The van der Waals surface area contributed by atoms with Crippen LogP contribution in [0.25, 0.3) is 21.7 Å². The second kappa shape index (κ2) is 10.8. The van der Waals surface area contributed by atoms with Crippen LogP contribution in [0.5, 0.6) is 0 Å². The number of fused-ring (bicyclic) bond motifs is 2. The number of carbonyl (C=O) groups excluding carboxylic acids is 1. The maximum atomic E-state index is 12.9. The molecule has 0 aliphatic carbocycles. The summed E-state index contributed by atoms with van der Waals surface area (Å²) in [7, 11) is 0. The summed E-state index contributed by atoms with van der Waals surface area (Å²) in [6.07, 6.45) is 6.75. The van der Waals surface area contributed by atoms with Gasteiger partial charge in [0.15, 0.2) is 5.82 Å². The van der Waals surface area contributed by atoms with E-state index < -0.39 is 0 Å². The molecule has 0 radical (unpaired) electrons. The zero-order chi connectivity index (χ0) is 25.9. The van der Waals surface area contributed by atoms with Crippen molar-refractivity contribution in [2.24, 2.45) is 0 Å². The lowest BCUT2D eigenvalue weighted by atomic mass is 10.0. The second-order valence-electron chi connectivity index (χ2n) is 10.3. The van der Waals surface area contributed by atoms with Gasteiger partial charge in [0.1, 0.15) is 5.82 Å². The fourth-order valence-corrected chi connectivity index (χ4v) is 5.69. The smallest absolute Gasteiger partial charge is 0.237 e. The van der Waals surface area contributed by atoms with E-state index >= 15 is 0 Å². The number of hydrogen-bond donors (Lipinski definition) is 3. The van der Waals surface area contributed by atoms with Crippen molar-refractivity contribution in [2.45, 2.75) is 57.7 Å². The third-order valence-electron chi connectivity index (χ3n) is 7.71. The highest BCUT2D eigenvalue weighted by atomic mass is 16.2. The van der Waals surface area contributed by atoms with Crippen LogP contribution in [-0.2, 0) is 24.2 Å². The van der Waals surface area contributed by atoms with Gasteiger partial charge in [0.2, 0.25) is 5.91 Å². The molecule has 2 aromatic heterocycles. The molecule has 0 bridgehead atoms. The van der Waals surface area contributed by atoms with Crippen molar-refractivity contribution in [1.29, 1.82) is 0 Å². The molecule has 7 heteroatoms. The van der Waals surface area contributed by atoms with Crippen LogP contribution in [-0.4, -0.2) is 38.2 Å². The van der Waals surface area contributed by atoms with E-state index in [1.54, 1.807) is 0 Å². The van der Waals surface area contributed by atoms with E-state index in [4.69, 9.17) is 0 Å².